The highest BCUT2D eigenvalue weighted by Gasteiger charge is 2.41. The maximum absolute atomic E-state index is 15.4. The lowest BCUT2D eigenvalue weighted by atomic mass is 9.93. The first-order valence-corrected chi connectivity index (χ1v) is 12.0. The van der Waals surface area contributed by atoms with Gasteiger partial charge >= 0.3 is 6.03 Å². The number of anilines is 2. The van der Waals surface area contributed by atoms with Crippen molar-refractivity contribution in [2.45, 2.75) is 51.7 Å². The van der Waals surface area contributed by atoms with Gasteiger partial charge in [0.2, 0.25) is 11.7 Å². The van der Waals surface area contributed by atoms with E-state index in [1.807, 2.05) is 19.1 Å². The van der Waals surface area contributed by atoms with Gasteiger partial charge < -0.3 is 19.6 Å². The molecule has 2 amide bonds. The van der Waals surface area contributed by atoms with Crippen molar-refractivity contribution in [1.29, 1.82) is 0 Å². The number of para-hydroxylation sites is 1. The van der Waals surface area contributed by atoms with Crippen molar-refractivity contribution in [2.24, 2.45) is 0 Å². The number of hydrogen-bond donors (Lipinski definition) is 1. The summed E-state index contributed by atoms with van der Waals surface area (Å²) >= 11 is 6.49. The minimum atomic E-state index is -1.68. The topological polar surface area (TPSA) is 77.7 Å². The van der Waals surface area contributed by atoms with E-state index in [1.54, 1.807) is 11.0 Å². The molecule has 4 rings (SSSR count). The van der Waals surface area contributed by atoms with Crippen LogP contribution in [-0.2, 0) is 12.1 Å². The number of piperazine rings is 1. The highest BCUT2D eigenvalue weighted by Crippen LogP contribution is 2.37. The molecule has 2 fully saturated rings. The van der Waals surface area contributed by atoms with Crippen LogP contribution in [0.5, 0.6) is 0 Å². The van der Waals surface area contributed by atoms with E-state index in [2.05, 4.69) is 39.1 Å². The van der Waals surface area contributed by atoms with Crippen LogP contribution in [0.2, 0.25) is 5.02 Å². The molecule has 2 aliphatic heterocycles. The molecular weight excluding hydrogens is 447 g/mol. The predicted molar refractivity (Wildman–Crippen MR) is 127 cm³/mol. The predicted octanol–water partition coefficient (Wildman–Crippen LogP) is 4.31. The van der Waals surface area contributed by atoms with Crippen molar-refractivity contribution < 1.29 is 13.7 Å². The fraction of sp³-hybridized carbons (Fsp3) is 0.609. The van der Waals surface area contributed by atoms with Crippen molar-refractivity contribution in [3.8, 4) is 0 Å². The first kappa shape index (κ1) is 23.8. The summed E-state index contributed by atoms with van der Waals surface area (Å²) in [5, 5.41) is 7.28. The Hall–Kier alpha value is -2.39. The van der Waals surface area contributed by atoms with E-state index in [0.717, 1.165) is 31.9 Å². The molecule has 0 atom stereocenters. The summed E-state index contributed by atoms with van der Waals surface area (Å²) in [7, 11) is 0. The second kappa shape index (κ2) is 9.85. The number of benzene rings is 1. The molecular formula is C23H32ClFN6O2. The van der Waals surface area contributed by atoms with Crippen molar-refractivity contribution in [3.63, 3.8) is 0 Å². The lowest BCUT2D eigenvalue weighted by molar-refractivity contribution is 0.0618. The number of carbonyl (C=O) groups is 1. The van der Waals surface area contributed by atoms with Crippen LogP contribution in [0, 0.1) is 0 Å². The van der Waals surface area contributed by atoms with E-state index in [4.69, 9.17) is 16.1 Å². The molecule has 0 bridgehead atoms. The summed E-state index contributed by atoms with van der Waals surface area (Å²) in [5.41, 5.74) is -0.167. The molecule has 10 heteroatoms. The maximum Gasteiger partial charge on any atom is 0.321 e. The zero-order chi connectivity index (χ0) is 23.6. The maximum atomic E-state index is 15.4. The molecule has 0 saturated carbocycles. The number of halogens is 2. The molecule has 2 saturated heterocycles. The molecule has 1 aromatic carbocycles. The van der Waals surface area contributed by atoms with Crippen LogP contribution in [0.1, 0.15) is 45.3 Å². The standard InChI is InChI=1S/C23H32ClFN6O2/c1-4-19-26-21(28-33-19)23(25)8-10-31(11-9-23)22(32)27-20-17(24)6-5-7-18(20)30-14-12-29(13-15-30)16(2)3/h5-7,16H,4,8-15H2,1-3H3,(H,27,32). The quantitative estimate of drug-likeness (QED) is 0.690. The van der Waals surface area contributed by atoms with Gasteiger partial charge in [-0.05, 0) is 26.0 Å². The minimum Gasteiger partial charge on any atom is -0.367 e. The Kier molecular flexibility index (Phi) is 7.09. The molecule has 3 heterocycles. The first-order valence-electron chi connectivity index (χ1n) is 11.7. The minimum absolute atomic E-state index is 0.0772. The van der Waals surface area contributed by atoms with Gasteiger partial charge in [0.15, 0.2) is 5.67 Å². The summed E-state index contributed by atoms with van der Waals surface area (Å²) in [6.45, 7) is 10.4. The molecule has 33 heavy (non-hydrogen) atoms. The largest absolute Gasteiger partial charge is 0.367 e. The van der Waals surface area contributed by atoms with Crippen molar-refractivity contribution in [2.75, 3.05) is 49.5 Å². The molecule has 1 aromatic heterocycles. The third-order valence-electron chi connectivity index (χ3n) is 6.62. The van der Waals surface area contributed by atoms with Crippen LogP contribution in [0.15, 0.2) is 22.7 Å². The number of hydrogen-bond acceptors (Lipinski definition) is 6. The van der Waals surface area contributed by atoms with E-state index < -0.39 is 5.67 Å². The number of rotatable bonds is 5. The van der Waals surface area contributed by atoms with Gasteiger partial charge in [0.1, 0.15) is 0 Å². The van der Waals surface area contributed by atoms with Crippen LogP contribution in [0.4, 0.5) is 20.6 Å². The SMILES string of the molecule is CCc1nc(C2(F)CCN(C(=O)Nc3c(Cl)cccc3N3CCN(C(C)C)CC3)CC2)no1. The third kappa shape index (κ3) is 5.09. The Morgan fingerprint density at radius 3 is 2.52 bits per heavy atom. The van der Waals surface area contributed by atoms with E-state index in [9.17, 15) is 4.79 Å². The smallest absolute Gasteiger partial charge is 0.321 e. The molecule has 2 aromatic rings. The van der Waals surface area contributed by atoms with E-state index >= 15 is 4.39 Å². The molecule has 2 aliphatic rings. The van der Waals surface area contributed by atoms with Gasteiger partial charge in [-0.3, -0.25) is 4.90 Å². The van der Waals surface area contributed by atoms with E-state index in [1.165, 1.54) is 0 Å². The van der Waals surface area contributed by atoms with Gasteiger partial charge in [-0.1, -0.05) is 29.7 Å². The third-order valence-corrected chi connectivity index (χ3v) is 6.94. The second-order valence-corrected chi connectivity index (χ2v) is 9.41. The van der Waals surface area contributed by atoms with Gasteiger partial charge in [0, 0.05) is 64.6 Å². The molecule has 0 unspecified atom stereocenters. The van der Waals surface area contributed by atoms with Gasteiger partial charge in [0.25, 0.3) is 0 Å². The van der Waals surface area contributed by atoms with Crippen LogP contribution in [-0.4, -0.2) is 71.3 Å². The van der Waals surface area contributed by atoms with Gasteiger partial charge in [-0.2, -0.15) is 4.98 Å². The monoisotopic (exact) mass is 478 g/mol. The molecule has 180 valence electrons. The summed E-state index contributed by atoms with van der Waals surface area (Å²) < 4.78 is 20.5. The molecule has 8 nitrogen and oxygen atoms in total. The summed E-state index contributed by atoms with van der Waals surface area (Å²) in [5.74, 6) is 0.496. The van der Waals surface area contributed by atoms with Crippen molar-refractivity contribution >= 4 is 29.0 Å². The Bertz CT molecular complexity index is 968. The Labute approximate surface area is 199 Å². The van der Waals surface area contributed by atoms with E-state index in [-0.39, 0.29) is 37.8 Å². The van der Waals surface area contributed by atoms with Crippen LogP contribution >= 0.6 is 11.6 Å². The number of nitrogens with one attached hydrogen (secondary N) is 1. The average Bonchev–Trinajstić information content (AvgIpc) is 3.31. The van der Waals surface area contributed by atoms with Crippen LogP contribution in [0.25, 0.3) is 0 Å². The molecule has 0 spiro atoms. The highest BCUT2D eigenvalue weighted by atomic mass is 35.5. The van der Waals surface area contributed by atoms with Crippen molar-refractivity contribution in [3.05, 3.63) is 34.9 Å². The van der Waals surface area contributed by atoms with Crippen LogP contribution < -0.4 is 10.2 Å². The van der Waals surface area contributed by atoms with E-state index in [0.29, 0.717) is 29.1 Å². The number of carbonyl (C=O) groups excluding carboxylic acids is 1. The van der Waals surface area contributed by atoms with Gasteiger partial charge in [0.05, 0.1) is 16.4 Å². The summed E-state index contributed by atoms with van der Waals surface area (Å²) in [4.78, 5) is 23.5. The number of alkyl halides is 1. The number of nitrogens with zero attached hydrogens (tertiary/aromatic N) is 5. The number of urea groups is 1. The average molecular weight is 479 g/mol. The van der Waals surface area contributed by atoms with Gasteiger partial charge in [-0.25, -0.2) is 9.18 Å². The number of piperidine rings is 1. The number of likely N-dealkylation sites (tertiary alicyclic amines) is 1. The van der Waals surface area contributed by atoms with Crippen LogP contribution in [0.3, 0.4) is 0 Å². The summed E-state index contributed by atoms with van der Waals surface area (Å²) in [6.07, 6.45) is 0.801. The number of aryl methyl sites for hydroxylation is 1. The number of aromatic nitrogens is 2. The Morgan fingerprint density at radius 2 is 1.91 bits per heavy atom. The zero-order valence-electron chi connectivity index (χ0n) is 19.5. The zero-order valence-corrected chi connectivity index (χ0v) is 20.2. The fourth-order valence-corrected chi connectivity index (χ4v) is 4.65. The Balaban J connectivity index is 1.41. The Morgan fingerprint density at radius 1 is 1.21 bits per heavy atom. The lowest BCUT2D eigenvalue weighted by Gasteiger charge is -2.39. The fourth-order valence-electron chi connectivity index (χ4n) is 4.43. The second-order valence-electron chi connectivity index (χ2n) is 9.00. The highest BCUT2D eigenvalue weighted by molar-refractivity contribution is 6.34. The summed E-state index contributed by atoms with van der Waals surface area (Å²) in [6, 6.07) is 5.88. The first-order chi connectivity index (χ1) is 15.8. The molecule has 1 N–H and O–H groups in total. The molecule has 0 radical (unpaired) electrons. The number of amides is 2. The van der Waals surface area contributed by atoms with Gasteiger partial charge in [-0.15, -0.1) is 0 Å². The lowest BCUT2D eigenvalue weighted by Crippen LogP contribution is -2.49. The normalized spacial score (nSPS) is 19.2. The molecule has 0 aliphatic carbocycles. The van der Waals surface area contributed by atoms with Crippen molar-refractivity contribution in [1.82, 2.24) is 19.9 Å².